The number of methoxy groups -OCH3 is 1. The van der Waals surface area contributed by atoms with Gasteiger partial charge in [-0.3, -0.25) is 24.0 Å². The molecule has 1 fully saturated rings. The molecule has 47 heavy (non-hydrogen) atoms. The van der Waals surface area contributed by atoms with Crippen LogP contribution < -0.4 is 10.6 Å². The van der Waals surface area contributed by atoms with E-state index >= 15 is 0 Å². The minimum atomic E-state index is -2.40. The van der Waals surface area contributed by atoms with Crippen molar-refractivity contribution in [1.82, 2.24) is 10.6 Å². The van der Waals surface area contributed by atoms with Gasteiger partial charge in [-0.15, -0.1) is 0 Å². The van der Waals surface area contributed by atoms with E-state index in [4.69, 9.17) is 37.9 Å². The molecule has 1 aliphatic rings. The molecule has 0 saturated carbocycles. The number of rotatable bonds is 15. The molecule has 0 unspecified atom stereocenters. The fourth-order valence-corrected chi connectivity index (χ4v) is 4.69. The predicted octanol–water partition coefficient (Wildman–Crippen LogP) is 0.451. The highest BCUT2D eigenvalue weighted by atomic mass is 16.7. The number of esters is 5. The van der Waals surface area contributed by atoms with Crippen LogP contribution in [0.15, 0.2) is 30.3 Å². The number of alkyl carbamates (subject to hydrolysis) is 1. The highest BCUT2D eigenvalue weighted by Crippen LogP contribution is 2.37. The van der Waals surface area contributed by atoms with E-state index < -0.39 is 91.1 Å². The number of hydrogen-bond acceptors (Lipinski definition) is 15. The zero-order valence-electron chi connectivity index (χ0n) is 26.9. The second-order valence-electron chi connectivity index (χ2n) is 10.3. The highest BCUT2D eigenvalue weighted by molar-refractivity contribution is 5.79. The van der Waals surface area contributed by atoms with Crippen LogP contribution in [0, 0.1) is 0 Å². The van der Waals surface area contributed by atoms with Crippen LogP contribution in [-0.2, 0) is 73.3 Å². The minimum absolute atomic E-state index is 0.00655. The summed E-state index contributed by atoms with van der Waals surface area (Å²) in [6.07, 6.45) is -7.63. The van der Waals surface area contributed by atoms with Gasteiger partial charge in [0.2, 0.25) is 5.91 Å². The monoisotopic (exact) mass is 668 g/mol. The van der Waals surface area contributed by atoms with Crippen molar-refractivity contribution in [1.29, 1.82) is 0 Å². The highest BCUT2D eigenvalue weighted by Gasteiger charge is 2.59. The quantitative estimate of drug-likeness (QED) is 0.147. The third-order valence-electron chi connectivity index (χ3n) is 6.41. The fraction of sp³-hybridized carbons (Fsp3) is 0.567. The fourth-order valence-electron chi connectivity index (χ4n) is 4.69. The Bertz CT molecular complexity index is 1270. The van der Waals surface area contributed by atoms with Crippen molar-refractivity contribution in [3.8, 4) is 0 Å². The summed E-state index contributed by atoms with van der Waals surface area (Å²) in [5.41, 5.74) is 0.749. The Balaban J connectivity index is 2.46. The molecule has 1 aromatic rings. The first-order valence-electron chi connectivity index (χ1n) is 14.4. The molecule has 0 aliphatic carbocycles. The van der Waals surface area contributed by atoms with Crippen molar-refractivity contribution in [2.24, 2.45) is 0 Å². The van der Waals surface area contributed by atoms with Crippen molar-refractivity contribution in [3.63, 3.8) is 0 Å². The molecule has 0 radical (unpaired) electrons. The Morgan fingerprint density at radius 1 is 0.894 bits per heavy atom. The van der Waals surface area contributed by atoms with E-state index in [0.29, 0.717) is 0 Å². The summed E-state index contributed by atoms with van der Waals surface area (Å²) in [7, 11) is 1.03. The van der Waals surface area contributed by atoms with Crippen molar-refractivity contribution in [2.75, 3.05) is 26.9 Å². The second kappa shape index (κ2) is 18.4. The number of carbonyl (C=O) groups is 7. The van der Waals surface area contributed by atoms with Gasteiger partial charge in [0.15, 0.2) is 12.2 Å². The number of nitrogens with one attached hydrogen (secondary N) is 2. The zero-order valence-corrected chi connectivity index (χ0v) is 26.9. The molecule has 1 aliphatic heterocycles. The molecule has 17 nitrogen and oxygen atoms in total. The molecule has 17 heteroatoms. The van der Waals surface area contributed by atoms with Gasteiger partial charge in [0, 0.05) is 41.2 Å². The Labute approximate surface area is 270 Å². The van der Waals surface area contributed by atoms with Crippen molar-refractivity contribution in [3.05, 3.63) is 35.9 Å². The zero-order chi connectivity index (χ0) is 35.1. The van der Waals surface area contributed by atoms with Crippen LogP contribution >= 0.6 is 0 Å². The van der Waals surface area contributed by atoms with Crippen LogP contribution in [0.25, 0.3) is 0 Å². The number of benzene rings is 1. The molecule has 2 amide bonds. The number of hydrogen-bond donors (Lipinski definition) is 2. The summed E-state index contributed by atoms with van der Waals surface area (Å²) < 4.78 is 43.4. The first kappa shape index (κ1) is 38.4. The molecule has 0 spiro atoms. The van der Waals surface area contributed by atoms with E-state index in [0.717, 1.165) is 47.3 Å². The van der Waals surface area contributed by atoms with Gasteiger partial charge in [-0.2, -0.15) is 0 Å². The van der Waals surface area contributed by atoms with E-state index in [1.807, 2.05) is 6.07 Å². The molecule has 1 aromatic carbocycles. The summed E-state index contributed by atoms with van der Waals surface area (Å²) >= 11 is 0. The van der Waals surface area contributed by atoms with Gasteiger partial charge in [-0.05, 0) is 5.56 Å². The van der Waals surface area contributed by atoms with Gasteiger partial charge in [0.05, 0.1) is 26.2 Å². The van der Waals surface area contributed by atoms with Crippen LogP contribution in [0.5, 0.6) is 0 Å². The summed E-state index contributed by atoms with van der Waals surface area (Å²) in [5.74, 6) is -7.56. The van der Waals surface area contributed by atoms with Crippen LogP contribution in [0.4, 0.5) is 4.79 Å². The molecule has 1 heterocycles. The maximum absolute atomic E-state index is 13.3. The van der Waals surface area contributed by atoms with Gasteiger partial charge in [0.25, 0.3) is 5.79 Å². The normalized spacial score (nSPS) is 21.5. The molecule has 2 N–H and O–H groups in total. The molecule has 260 valence electrons. The van der Waals surface area contributed by atoms with Gasteiger partial charge >= 0.3 is 35.9 Å². The van der Waals surface area contributed by atoms with Gasteiger partial charge < -0.3 is 48.5 Å². The van der Waals surface area contributed by atoms with Crippen molar-refractivity contribution in [2.45, 2.75) is 83.9 Å². The topological polar surface area (TPSA) is 217 Å². The van der Waals surface area contributed by atoms with Gasteiger partial charge in [0.1, 0.15) is 25.4 Å². The number of ether oxygens (including phenoxy) is 8. The largest absolute Gasteiger partial charge is 0.465 e. The van der Waals surface area contributed by atoms with E-state index in [-0.39, 0.29) is 19.8 Å². The maximum atomic E-state index is 13.3. The molecule has 2 rings (SSSR count). The summed E-state index contributed by atoms with van der Waals surface area (Å²) in [6.45, 7) is 4.13. The van der Waals surface area contributed by atoms with Crippen LogP contribution in [-0.4, -0.2) is 105 Å². The lowest BCUT2D eigenvalue weighted by Crippen LogP contribution is -2.69. The lowest BCUT2D eigenvalue weighted by Gasteiger charge is -2.48. The van der Waals surface area contributed by atoms with E-state index in [1.165, 1.54) is 0 Å². The first-order chi connectivity index (χ1) is 22.2. The molecular formula is C30H40N2O15. The smallest absolute Gasteiger partial charge is 0.407 e. The summed E-state index contributed by atoms with van der Waals surface area (Å²) in [6, 6.07) is 7.56. The van der Waals surface area contributed by atoms with Gasteiger partial charge in [-0.1, -0.05) is 30.3 Å². The lowest BCUT2D eigenvalue weighted by atomic mass is 9.88. The molecule has 6 atom stereocenters. The van der Waals surface area contributed by atoms with Crippen molar-refractivity contribution >= 4 is 41.8 Å². The Morgan fingerprint density at radius 2 is 1.55 bits per heavy atom. The Hall–Kier alpha value is -4.77. The van der Waals surface area contributed by atoms with E-state index in [1.54, 1.807) is 24.3 Å². The molecular weight excluding hydrogens is 628 g/mol. The van der Waals surface area contributed by atoms with Gasteiger partial charge in [-0.25, -0.2) is 9.59 Å². The van der Waals surface area contributed by atoms with Crippen LogP contribution in [0.1, 0.15) is 46.6 Å². The predicted molar refractivity (Wildman–Crippen MR) is 156 cm³/mol. The van der Waals surface area contributed by atoms with Crippen molar-refractivity contribution < 1.29 is 71.5 Å². The second-order valence-corrected chi connectivity index (χ2v) is 10.3. The third-order valence-corrected chi connectivity index (χ3v) is 6.41. The minimum Gasteiger partial charge on any atom is -0.465 e. The Kier molecular flexibility index (Phi) is 15.0. The SMILES string of the molecule is COC(=O)[C@@]1(OCCNC(=O)OCc2ccccc2)C[C@H](OC(C)=O)[C@@H](NC(C)=O)[C@H]([C@H](OC(C)=O)[C@@H](COC(C)=O)OC(C)=O)O1. The molecule has 0 aromatic heterocycles. The lowest BCUT2D eigenvalue weighted by molar-refractivity contribution is -0.313. The van der Waals surface area contributed by atoms with Crippen LogP contribution in [0.2, 0.25) is 0 Å². The number of amides is 2. The third kappa shape index (κ3) is 12.5. The number of carbonyl (C=O) groups excluding carboxylic acids is 7. The summed E-state index contributed by atoms with van der Waals surface area (Å²) in [4.78, 5) is 86.1. The average Bonchev–Trinajstić information content (AvgIpc) is 2.99. The standard InChI is InChI=1S/C30H40N2O15/c1-17(33)32-25-23(44-19(3)35)14-30(28(38)40-6,43-13-12-31-29(39)42-15-22-10-8-7-9-11-22)47-27(25)26(46-21(5)37)24(45-20(4)36)16-41-18(2)34/h7-11,23-27H,12-16H2,1-6H3,(H,31,39)(H,32,33)/t23-,24+,25+,26+,27+,30+/m0/s1. The Morgan fingerprint density at radius 3 is 2.11 bits per heavy atom. The molecule has 0 bridgehead atoms. The molecule has 1 saturated heterocycles. The van der Waals surface area contributed by atoms with Crippen LogP contribution in [0.3, 0.4) is 0 Å². The van der Waals surface area contributed by atoms with E-state index in [2.05, 4.69) is 10.6 Å². The summed E-state index contributed by atoms with van der Waals surface area (Å²) in [5, 5.41) is 5.02. The average molecular weight is 669 g/mol. The first-order valence-corrected chi connectivity index (χ1v) is 14.4. The van der Waals surface area contributed by atoms with E-state index in [9.17, 15) is 33.6 Å². The maximum Gasteiger partial charge on any atom is 0.407 e.